The first-order valence-corrected chi connectivity index (χ1v) is 5.62. The van der Waals surface area contributed by atoms with Gasteiger partial charge in [-0.3, -0.25) is 0 Å². The average Bonchev–Trinajstić information content (AvgIpc) is 3.02. The molecule has 0 atom stereocenters. The molecule has 5 nitrogen and oxygen atoms in total. The highest BCUT2D eigenvalue weighted by Gasteiger charge is 2.10. The molecule has 0 aliphatic rings. The van der Waals surface area contributed by atoms with Crippen molar-refractivity contribution in [3.05, 3.63) is 54.0 Å². The predicted octanol–water partition coefficient (Wildman–Crippen LogP) is 2.24. The normalized spacial score (nSPS) is 10.7. The Bertz CT molecular complexity index is 643. The lowest BCUT2D eigenvalue weighted by Gasteiger charge is -2.00. The molecule has 0 unspecified atom stereocenters. The molecule has 3 aromatic rings. The van der Waals surface area contributed by atoms with Gasteiger partial charge in [0.2, 0.25) is 11.7 Å². The molecule has 0 bridgehead atoms. The molecule has 5 heteroatoms. The van der Waals surface area contributed by atoms with Crippen molar-refractivity contribution in [2.75, 3.05) is 5.73 Å². The van der Waals surface area contributed by atoms with Crippen LogP contribution in [0.2, 0.25) is 0 Å². The number of anilines is 1. The van der Waals surface area contributed by atoms with Gasteiger partial charge in [-0.25, -0.2) is 0 Å². The van der Waals surface area contributed by atoms with E-state index < -0.39 is 0 Å². The summed E-state index contributed by atoms with van der Waals surface area (Å²) in [5, 5.41) is 3.93. The van der Waals surface area contributed by atoms with Crippen LogP contribution >= 0.6 is 0 Å². The first kappa shape index (κ1) is 10.6. The Morgan fingerprint density at radius 3 is 2.83 bits per heavy atom. The van der Waals surface area contributed by atoms with Crippen molar-refractivity contribution in [3.8, 4) is 11.5 Å². The van der Waals surface area contributed by atoms with Gasteiger partial charge in [0, 0.05) is 11.9 Å². The number of nitrogens with zero attached hydrogens (tertiary/aromatic N) is 2. The van der Waals surface area contributed by atoms with Crippen molar-refractivity contribution < 1.29 is 4.52 Å². The molecular formula is C13H12N4O. The minimum absolute atomic E-state index is 0.542. The van der Waals surface area contributed by atoms with Crippen LogP contribution in [0.3, 0.4) is 0 Å². The smallest absolute Gasteiger partial charge is 0.231 e. The summed E-state index contributed by atoms with van der Waals surface area (Å²) < 4.78 is 5.21. The van der Waals surface area contributed by atoms with E-state index >= 15 is 0 Å². The molecule has 0 spiro atoms. The Balaban J connectivity index is 1.85. The lowest BCUT2D eigenvalue weighted by molar-refractivity contribution is 0.385. The zero-order chi connectivity index (χ0) is 12.4. The summed E-state index contributed by atoms with van der Waals surface area (Å²) in [5.74, 6) is 1.11. The van der Waals surface area contributed by atoms with E-state index in [-0.39, 0.29) is 0 Å². The molecule has 3 rings (SSSR count). The number of benzene rings is 1. The molecule has 3 N–H and O–H groups in total. The van der Waals surface area contributed by atoms with Crippen LogP contribution in [0.4, 0.5) is 5.69 Å². The van der Waals surface area contributed by atoms with Crippen molar-refractivity contribution >= 4 is 5.69 Å². The van der Waals surface area contributed by atoms with Crippen molar-refractivity contribution in [2.24, 2.45) is 0 Å². The van der Waals surface area contributed by atoms with E-state index in [1.54, 1.807) is 0 Å². The van der Waals surface area contributed by atoms with E-state index in [0.717, 1.165) is 16.9 Å². The number of hydrogen-bond acceptors (Lipinski definition) is 4. The summed E-state index contributed by atoms with van der Waals surface area (Å²) in [7, 11) is 0. The third-order valence-corrected chi connectivity index (χ3v) is 2.70. The number of aromatic amines is 1. The van der Waals surface area contributed by atoms with Crippen LogP contribution < -0.4 is 5.73 Å². The predicted molar refractivity (Wildman–Crippen MR) is 67.7 cm³/mol. The minimum Gasteiger partial charge on any atom is -0.398 e. The summed E-state index contributed by atoms with van der Waals surface area (Å²) in [4.78, 5) is 7.36. The number of hydrogen-bond donors (Lipinski definition) is 2. The van der Waals surface area contributed by atoms with Crippen molar-refractivity contribution in [1.82, 2.24) is 15.1 Å². The Hall–Kier alpha value is -2.56. The Morgan fingerprint density at radius 2 is 2.06 bits per heavy atom. The van der Waals surface area contributed by atoms with E-state index in [9.17, 15) is 0 Å². The number of H-pyrrole nitrogens is 1. The quantitative estimate of drug-likeness (QED) is 0.688. The van der Waals surface area contributed by atoms with Gasteiger partial charge in [0.15, 0.2) is 0 Å². The van der Waals surface area contributed by atoms with Crippen LogP contribution in [0.25, 0.3) is 11.5 Å². The lowest BCUT2D eigenvalue weighted by atomic mass is 10.1. The van der Waals surface area contributed by atoms with Gasteiger partial charge in [0.25, 0.3) is 0 Å². The van der Waals surface area contributed by atoms with Crippen LogP contribution in [0, 0.1) is 0 Å². The fourth-order valence-corrected chi connectivity index (χ4v) is 1.76. The topological polar surface area (TPSA) is 80.7 Å². The summed E-state index contributed by atoms with van der Waals surface area (Å²) in [6.45, 7) is 0. The average molecular weight is 240 g/mol. The zero-order valence-corrected chi connectivity index (χ0v) is 9.63. The molecule has 0 radical (unpaired) electrons. The summed E-state index contributed by atoms with van der Waals surface area (Å²) in [6, 6.07) is 11.4. The highest BCUT2D eigenvalue weighted by atomic mass is 16.5. The second-order valence-electron chi connectivity index (χ2n) is 3.97. The minimum atomic E-state index is 0.542. The summed E-state index contributed by atoms with van der Waals surface area (Å²) >= 11 is 0. The standard InChI is InChI=1S/C13H12N4O/c14-10-5-2-1-4-9(10)8-12-16-13(17-18-12)11-6-3-7-15-11/h1-7,15H,8,14H2. The molecular weight excluding hydrogens is 228 g/mol. The molecule has 0 saturated heterocycles. The Kier molecular flexibility index (Phi) is 2.57. The summed E-state index contributed by atoms with van der Waals surface area (Å²) in [5.41, 5.74) is 8.43. The maximum Gasteiger partial charge on any atom is 0.231 e. The van der Waals surface area contributed by atoms with Gasteiger partial charge in [0.05, 0.1) is 12.1 Å². The van der Waals surface area contributed by atoms with Crippen molar-refractivity contribution in [2.45, 2.75) is 6.42 Å². The summed E-state index contributed by atoms with van der Waals surface area (Å²) in [6.07, 6.45) is 2.36. The van der Waals surface area contributed by atoms with Crippen LogP contribution in [0.15, 0.2) is 47.1 Å². The van der Waals surface area contributed by atoms with Crippen LogP contribution in [-0.2, 0) is 6.42 Å². The Labute approximate surface area is 104 Å². The Morgan fingerprint density at radius 1 is 1.17 bits per heavy atom. The highest BCUT2D eigenvalue weighted by Crippen LogP contribution is 2.17. The maximum atomic E-state index is 5.87. The number of nitrogens with two attached hydrogens (primary N) is 1. The molecule has 2 aromatic heterocycles. The van der Waals surface area contributed by atoms with E-state index in [1.165, 1.54) is 0 Å². The van der Waals surface area contributed by atoms with E-state index in [1.807, 2.05) is 42.6 Å². The monoisotopic (exact) mass is 240 g/mol. The van der Waals surface area contributed by atoms with Crippen molar-refractivity contribution in [1.29, 1.82) is 0 Å². The number of para-hydroxylation sites is 1. The SMILES string of the molecule is Nc1ccccc1Cc1nc(-c2ccc[nH]2)no1. The van der Waals surface area contributed by atoms with Crippen molar-refractivity contribution in [3.63, 3.8) is 0 Å². The molecule has 0 saturated carbocycles. The largest absolute Gasteiger partial charge is 0.398 e. The fourth-order valence-electron chi connectivity index (χ4n) is 1.76. The second-order valence-corrected chi connectivity index (χ2v) is 3.97. The molecule has 0 fully saturated rings. The van der Waals surface area contributed by atoms with Crippen LogP contribution in [0.5, 0.6) is 0 Å². The van der Waals surface area contributed by atoms with Crippen LogP contribution in [-0.4, -0.2) is 15.1 Å². The first-order valence-electron chi connectivity index (χ1n) is 5.62. The molecule has 0 amide bonds. The number of aromatic nitrogens is 3. The number of nitrogens with one attached hydrogen (secondary N) is 1. The fraction of sp³-hybridized carbons (Fsp3) is 0.0769. The molecule has 0 aliphatic heterocycles. The van der Waals surface area contributed by atoms with Gasteiger partial charge in [-0.1, -0.05) is 23.4 Å². The van der Waals surface area contributed by atoms with Gasteiger partial charge in [0.1, 0.15) is 0 Å². The maximum absolute atomic E-state index is 5.87. The molecule has 1 aromatic carbocycles. The molecule has 18 heavy (non-hydrogen) atoms. The van der Waals surface area contributed by atoms with Crippen LogP contribution in [0.1, 0.15) is 11.5 Å². The number of rotatable bonds is 3. The van der Waals surface area contributed by atoms with Gasteiger partial charge in [-0.15, -0.1) is 0 Å². The third kappa shape index (κ3) is 1.98. The highest BCUT2D eigenvalue weighted by molar-refractivity contribution is 5.49. The van der Waals surface area contributed by atoms with E-state index in [2.05, 4.69) is 15.1 Å². The van der Waals surface area contributed by atoms with Gasteiger partial charge in [-0.2, -0.15) is 4.98 Å². The molecule has 2 heterocycles. The van der Waals surface area contributed by atoms with Gasteiger partial charge >= 0.3 is 0 Å². The van der Waals surface area contributed by atoms with E-state index in [4.69, 9.17) is 10.3 Å². The van der Waals surface area contributed by atoms with Gasteiger partial charge < -0.3 is 15.2 Å². The third-order valence-electron chi connectivity index (χ3n) is 2.70. The zero-order valence-electron chi connectivity index (χ0n) is 9.63. The second kappa shape index (κ2) is 4.37. The number of nitrogen functional groups attached to an aromatic ring is 1. The molecule has 90 valence electrons. The first-order chi connectivity index (χ1) is 8.83. The lowest BCUT2D eigenvalue weighted by Crippen LogP contribution is -1.95. The molecule has 0 aliphatic carbocycles. The van der Waals surface area contributed by atoms with E-state index in [0.29, 0.717) is 18.1 Å². The van der Waals surface area contributed by atoms with Gasteiger partial charge in [-0.05, 0) is 23.8 Å².